The van der Waals surface area contributed by atoms with Crippen molar-refractivity contribution in [3.8, 4) is 0 Å². The Morgan fingerprint density at radius 3 is 2.67 bits per heavy atom. The number of carbonyl (C=O) groups excluding carboxylic acids is 2. The number of thiophene rings is 1. The summed E-state index contributed by atoms with van der Waals surface area (Å²) >= 11 is 7.76. The van der Waals surface area contributed by atoms with Gasteiger partial charge in [-0.3, -0.25) is 9.48 Å². The van der Waals surface area contributed by atoms with Crippen LogP contribution in [0.2, 0.25) is 5.02 Å². The van der Waals surface area contributed by atoms with Crippen molar-refractivity contribution in [2.75, 3.05) is 33.3 Å². The molecule has 1 aromatic carbocycles. The third-order valence-electron chi connectivity index (χ3n) is 5.31. The van der Waals surface area contributed by atoms with E-state index in [1.165, 1.54) is 18.4 Å². The van der Waals surface area contributed by atoms with Crippen LogP contribution in [0.1, 0.15) is 27.3 Å². The van der Waals surface area contributed by atoms with E-state index in [4.69, 9.17) is 16.3 Å². The van der Waals surface area contributed by atoms with Gasteiger partial charge in [0.05, 0.1) is 24.2 Å². The number of hydrogen-bond donors (Lipinski definition) is 0. The molecule has 0 aliphatic carbocycles. The number of nitrogens with zero attached hydrogens (tertiary/aromatic N) is 4. The molecule has 3 aromatic rings. The van der Waals surface area contributed by atoms with Gasteiger partial charge in [0.15, 0.2) is 0 Å². The summed E-state index contributed by atoms with van der Waals surface area (Å²) in [6.07, 6.45) is 0.381. The van der Waals surface area contributed by atoms with Gasteiger partial charge in [-0.1, -0.05) is 29.8 Å². The van der Waals surface area contributed by atoms with Gasteiger partial charge in [-0.05, 0) is 31.0 Å². The van der Waals surface area contributed by atoms with Crippen LogP contribution in [0.5, 0.6) is 0 Å². The number of halogens is 1. The maximum Gasteiger partial charge on any atom is 0.409 e. The van der Waals surface area contributed by atoms with Crippen LogP contribution in [-0.4, -0.2) is 64.9 Å². The van der Waals surface area contributed by atoms with Gasteiger partial charge in [0.1, 0.15) is 4.83 Å². The molecule has 0 bridgehead atoms. The maximum atomic E-state index is 13.2. The lowest BCUT2D eigenvalue weighted by Gasteiger charge is -2.20. The molecular weight excluding hydrogens is 424 g/mol. The minimum absolute atomic E-state index is 0.00777. The lowest BCUT2D eigenvalue weighted by atomic mass is 10.2. The van der Waals surface area contributed by atoms with Crippen LogP contribution in [0.15, 0.2) is 30.3 Å². The van der Waals surface area contributed by atoms with E-state index in [1.807, 2.05) is 46.8 Å². The average molecular weight is 447 g/mol. The molecule has 0 spiro atoms. The molecule has 158 valence electrons. The third kappa shape index (κ3) is 4.02. The molecule has 0 N–H and O–H groups in total. The molecule has 4 rings (SSSR count). The Hall–Kier alpha value is -2.58. The van der Waals surface area contributed by atoms with Crippen LogP contribution >= 0.6 is 22.9 Å². The van der Waals surface area contributed by atoms with E-state index in [-0.39, 0.29) is 12.0 Å². The van der Waals surface area contributed by atoms with Crippen molar-refractivity contribution in [3.63, 3.8) is 0 Å². The van der Waals surface area contributed by atoms with E-state index in [0.29, 0.717) is 42.6 Å². The Kier molecular flexibility index (Phi) is 5.97. The lowest BCUT2D eigenvalue weighted by Crippen LogP contribution is -2.37. The fourth-order valence-electron chi connectivity index (χ4n) is 3.70. The summed E-state index contributed by atoms with van der Waals surface area (Å²) in [6.45, 7) is 4.68. The summed E-state index contributed by atoms with van der Waals surface area (Å²) in [6, 6.07) is 9.63. The van der Waals surface area contributed by atoms with Crippen LogP contribution in [0.25, 0.3) is 10.2 Å². The van der Waals surface area contributed by atoms with Crippen molar-refractivity contribution in [3.05, 3.63) is 51.5 Å². The number of ether oxygens (including phenoxy) is 1. The number of fused-ring (bicyclic) bond motifs is 1. The van der Waals surface area contributed by atoms with Crippen molar-refractivity contribution in [2.45, 2.75) is 19.9 Å². The number of aryl methyl sites for hydroxylation is 1. The summed E-state index contributed by atoms with van der Waals surface area (Å²) in [5.74, 6) is -0.00777. The minimum atomic E-state index is -0.346. The van der Waals surface area contributed by atoms with Gasteiger partial charge in [0, 0.05) is 36.6 Å². The predicted octanol–water partition coefficient (Wildman–Crippen LogP) is 4.02. The molecule has 0 saturated carbocycles. The molecule has 2 aromatic heterocycles. The smallest absolute Gasteiger partial charge is 0.409 e. The van der Waals surface area contributed by atoms with E-state index in [9.17, 15) is 9.59 Å². The van der Waals surface area contributed by atoms with Crippen LogP contribution in [-0.2, 0) is 11.3 Å². The zero-order valence-corrected chi connectivity index (χ0v) is 18.5. The molecule has 3 heterocycles. The predicted molar refractivity (Wildman–Crippen MR) is 117 cm³/mol. The van der Waals surface area contributed by atoms with E-state index >= 15 is 0 Å². The van der Waals surface area contributed by atoms with Gasteiger partial charge in [-0.25, -0.2) is 4.79 Å². The van der Waals surface area contributed by atoms with Gasteiger partial charge in [0.25, 0.3) is 5.91 Å². The fourth-order valence-corrected chi connectivity index (χ4v) is 5.03. The quantitative estimate of drug-likeness (QED) is 0.609. The van der Waals surface area contributed by atoms with Crippen LogP contribution in [0, 0.1) is 6.92 Å². The number of rotatable bonds is 3. The maximum absolute atomic E-state index is 13.2. The summed E-state index contributed by atoms with van der Waals surface area (Å²) in [5, 5.41) is 6.33. The third-order valence-corrected chi connectivity index (χ3v) is 6.82. The molecule has 1 saturated heterocycles. The van der Waals surface area contributed by atoms with Gasteiger partial charge in [0.2, 0.25) is 0 Å². The molecule has 0 unspecified atom stereocenters. The normalized spacial score (nSPS) is 14.8. The Morgan fingerprint density at radius 2 is 1.90 bits per heavy atom. The summed E-state index contributed by atoms with van der Waals surface area (Å²) < 4.78 is 6.72. The van der Waals surface area contributed by atoms with E-state index < -0.39 is 0 Å². The first-order valence-corrected chi connectivity index (χ1v) is 11.0. The Morgan fingerprint density at radius 1 is 1.17 bits per heavy atom. The molecular formula is C21H23ClN4O3S. The second-order valence-corrected chi connectivity index (χ2v) is 8.70. The largest absolute Gasteiger partial charge is 0.453 e. The highest BCUT2D eigenvalue weighted by Crippen LogP contribution is 2.30. The molecule has 0 atom stereocenters. The zero-order chi connectivity index (χ0) is 21.3. The molecule has 9 heteroatoms. The van der Waals surface area contributed by atoms with E-state index in [1.54, 1.807) is 4.90 Å². The molecule has 1 fully saturated rings. The van der Waals surface area contributed by atoms with Crippen molar-refractivity contribution >= 4 is 45.2 Å². The molecule has 2 amide bonds. The van der Waals surface area contributed by atoms with Crippen LogP contribution < -0.4 is 0 Å². The summed E-state index contributed by atoms with van der Waals surface area (Å²) in [5.41, 5.74) is 1.88. The van der Waals surface area contributed by atoms with Crippen molar-refractivity contribution in [1.29, 1.82) is 0 Å². The standard InChI is InChI=1S/C21H23ClN4O3S/c1-14-16-12-18(19(27)24-8-5-9-25(11-10-24)21(28)29-2)30-20(16)26(23-14)13-15-6-3-4-7-17(15)22/h3-4,6-7,12H,5,8-11,13H2,1-2H3. The van der Waals surface area contributed by atoms with Crippen molar-refractivity contribution in [2.24, 2.45) is 0 Å². The number of carbonyl (C=O) groups is 2. The van der Waals surface area contributed by atoms with Crippen LogP contribution in [0.4, 0.5) is 4.79 Å². The number of amides is 2. The second kappa shape index (κ2) is 8.65. The molecule has 1 aliphatic rings. The highest BCUT2D eigenvalue weighted by molar-refractivity contribution is 7.20. The fraction of sp³-hybridized carbons (Fsp3) is 0.381. The van der Waals surface area contributed by atoms with Crippen LogP contribution in [0.3, 0.4) is 0 Å². The number of methoxy groups -OCH3 is 1. The van der Waals surface area contributed by atoms with E-state index in [2.05, 4.69) is 5.10 Å². The molecule has 30 heavy (non-hydrogen) atoms. The summed E-state index contributed by atoms with van der Waals surface area (Å²) in [4.78, 5) is 30.0. The number of hydrogen-bond acceptors (Lipinski definition) is 5. The van der Waals surface area contributed by atoms with Gasteiger partial charge >= 0.3 is 6.09 Å². The zero-order valence-electron chi connectivity index (χ0n) is 16.9. The first-order chi connectivity index (χ1) is 14.5. The topological polar surface area (TPSA) is 67.7 Å². The second-order valence-electron chi connectivity index (χ2n) is 7.27. The minimum Gasteiger partial charge on any atom is -0.453 e. The number of benzene rings is 1. The van der Waals surface area contributed by atoms with Gasteiger partial charge < -0.3 is 14.5 Å². The first kappa shape index (κ1) is 20.7. The highest BCUT2D eigenvalue weighted by Gasteiger charge is 2.25. The lowest BCUT2D eigenvalue weighted by molar-refractivity contribution is 0.0762. The van der Waals surface area contributed by atoms with Crippen molar-refractivity contribution < 1.29 is 14.3 Å². The average Bonchev–Trinajstić information content (AvgIpc) is 3.20. The molecule has 0 radical (unpaired) electrons. The Labute approximate surface area is 183 Å². The Bertz CT molecular complexity index is 1090. The van der Waals surface area contributed by atoms with E-state index in [0.717, 1.165) is 27.9 Å². The monoisotopic (exact) mass is 446 g/mol. The first-order valence-electron chi connectivity index (χ1n) is 9.80. The SMILES string of the molecule is COC(=O)N1CCCN(C(=O)c2cc3c(C)nn(Cc4ccccc4Cl)c3s2)CC1. The molecule has 1 aliphatic heterocycles. The van der Waals surface area contributed by atoms with Gasteiger partial charge in [-0.2, -0.15) is 5.10 Å². The van der Waals surface area contributed by atoms with Crippen molar-refractivity contribution in [1.82, 2.24) is 19.6 Å². The number of aromatic nitrogens is 2. The Balaban J connectivity index is 1.56. The highest BCUT2D eigenvalue weighted by atomic mass is 35.5. The summed E-state index contributed by atoms with van der Waals surface area (Å²) in [7, 11) is 1.38. The van der Waals surface area contributed by atoms with Gasteiger partial charge in [-0.15, -0.1) is 11.3 Å². The molecule has 7 nitrogen and oxygen atoms in total.